The van der Waals surface area contributed by atoms with E-state index in [2.05, 4.69) is 35.1 Å². The van der Waals surface area contributed by atoms with Gasteiger partial charge in [-0.15, -0.1) is 0 Å². The van der Waals surface area contributed by atoms with Gasteiger partial charge in [0.25, 0.3) is 0 Å². The molecule has 0 aliphatic carbocycles. The Morgan fingerprint density at radius 2 is 1.76 bits per heavy atom. The van der Waals surface area contributed by atoms with E-state index < -0.39 is 0 Å². The fourth-order valence-electron chi connectivity index (χ4n) is 2.71. The molecule has 2 unspecified atom stereocenters. The molecule has 2 aromatic carbocycles. The van der Waals surface area contributed by atoms with E-state index in [-0.39, 0.29) is 6.04 Å². The van der Waals surface area contributed by atoms with E-state index in [1.54, 1.807) is 0 Å². The average molecular weight is 283 g/mol. The second-order valence-corrected chi connectivity index (χ2v) is 5.30. The van der Waals surface area contributed by atoms with E-state index in [1.807, 2.05) is 31.2 Å². The highest BCUT2D eigenvalue weighted by Gasteiger charge is 2.26. The first-order valence-electron chi connectivity index (χ1n) is 7.35. The number of rotatable bonds is 4. The van der Waals surface area contributed by atoms with Crippen molar-refractivity contribution in [2.24, 2.45) is 0 Å². The Hall–Kier alpha value is -2.04. The molecule has 0 spiro atoms. The van der Waals surface area contributed by atoms with Crippen LogP contribution in [-0.2, 0) is 0 Å². The van der Waals surface area contributed by atoms with Gasteiger partial charge in [0.2, 0.25) is 0 Å². The Balaban J connectivity index is 1.71. The molecule has 0 aromatic heterocycles. The summed E-state index contributed by atoms with van der Waals surface area (Å²) in [5.41, 5.74) is 15.8. The monoisotopic (exact) mass is 283 g/mol. The first-order chi connectivity index (χ1) is 10.3. The zero-order chi connectivity index (χ0) is 14.7. The van der Waals surface area contributed by atoms with Crippen molar-refractivity contribution in [2.75, 3.05) is 12.3 Å². The van der Waals surface area contributed by atoms with Crippen LogP contribution in [0.25, 0.3) is 0 Å². The molecule has 0 bridgehead atoms. The molecule has 21 heavy (non-hydrogen) atoms. The lowest BCUT2D eigenvalue weighted by Gasteiger charge is -2.12. The van der Waals surface area contributed by atoms with Crippen LogP contribution in [0.5, 0.6) is 5.75 Å². The van der Waals surface area contributed by atoms with Crippen molar-refractivity contribution in [3.05, 3.63) is 59.7 Å². The van der Waals surface area contributed by atoms with Gasteiger partial charge in [-0.2, -0.15) is 0 Å². The fourth-order valence-corrected chi connectivity index (χ4v) is 2.71. The van der Waals surface area contributed by atoms with Crippen molar-refractivity contribution in [1.82, 2.24) is 10.9 Å². The number of benzene rings is 2. The van der Waals surface area contributed by atoms with Crippen LogP contribution in [0.3, 0.4) is 0 Å². The zero-order valence-electron chi connectivity index (χ0n) is 12.2. The highest BCUT2D eigenvalue weighted by Crippen LogP contribution is 2.32. The Morgan fingerprint density at radius 1 is 1.05 bits per heavy atom. The van der Waals surface area contributed by atoms with Crippen molar-refractivity contribution in [1.29, 1.82) is 0 Å². The third kappa shape index (κ3) is 3.17. The summed E-state index contributed by atoms with van der Waals surface area (Å²) in [5.74, 6) is 0.924. The number of nitrogens with one attached hydrogen (secondary N) is 2. The first kappa shape index (κ1) is 13.9. The van der Waals surface area contributed by atoms with E-state index >= 15 is 0 Å². The molecule has 0 radical (unpaired) electrons. The minimum atomic E-state index is 0.285. The van der Waals surface area contributed by atoms with Crippen molar-refractivity contribution < 1.29 is 4.74 Å². The molecule has 4 nitrogen and oxygen atoms in total. The molecule has 1 fully saturated rings. The maximum absolute atomic E-state index is 5.74. The van der Waals surface area contributed by atoms with Crippen molar-refractivity contribution in [2.45, 2.75) is 25.4 Å². The Labute approximate surface area is 125 Å². The van der Waals surface area contributed by atoms with Gasteiger partial charge in [-0.05, 0) is 48.7 Å². The SMILES string of the molecule is CCOc1cccc(C2CC(c3ccc(N)cc3)NN2)c1. The molecule has 0 saturated carbocycles. The lowest BCUT2D eigenvalue weighted by molar-refractivity contribution is 0.339. The highest BCUT2D eigenvalue weighted by atomic mass is 16.5. The van der Waals surface area contributed by atoms with Crippen LogP contribution in [0.1, 0.15) is 36.6 Å². The van der Waals surface area contributed by atoms with Crippen LogP contribution >= 0.6 is 0 Å². The van der Waals surface area contributed by atoms with Crippen molar-refractivity contribution in [3.8, 4) is 5.75 Å². The van der Waals surface area contributed by atoms with Crippen LogP contribution < -0.4 is 21.3 Å². The Morgan fingerprint density at radius 3 is 2.48 bits per heavy atom. The van der Waals surface area contributed by atoms with Crippen LogP contribution in [0, 0.1) is 0 Å². The topological polar surface area (TPSA) is 59.3 Å². The Kier molecular flexibility index (Phi) is 4.08. The first-order valence-corrected chi connectivity index (χ1v) is 7.35. The summed E-state index contributed by atoms with van der Waals surface area (Å²) in [4.78, 5) is 0. The molecule has 1 saturated heterocycles. The van der Waals surface area contributed by atoms with Gasteiger partial charge in [0, 0.05) is 17.8 Å². The van der Waals surface area contributed by atoms with E-state index in [4.69, 9.17) is 10.5 Å². The van der Waals surface area contributed by atoms with Gasteiger partial charge in [0.1, 0.15) is 5.75 Å². The van der Waals surface area contributed by atoms with Crippen LogP contribution in [0.15, 0.2) is 48.5 Å². The predicted molar refractivity (Wildman–Crippen MR) is 84.8 cm³/mol. The number of ether oxygens (including phenoxy) is 1. The lowest BCUT2D eigenvalue weighted by atomic mass is 9.97. The summed E-state index contributed by atoms with van der Waals surface area (Å²) in [6.45, 7) is 2.69. The summed E-state index contributed by atoms with van der Waals surface area (Å²) < 4.78 is 5.57. The van der Waals surface area contributed by atoms with E-state index in [0.29, 0.717) is 12.6 Å². The van der Waals surface area contributed by atoms with Crippen LogP contribution in [-0.4, -0.2) is 6.61 Å². The smallest absolute Gasteiger partial charge is 0.119 e. The van der Waals surface area contributed by atoms with Gasteiger partial charge in [-0.1, -0.05) is 24.3 Å². The van der Waals surface area contributed by atoms with E-state index in [1.165, 1.54) is 11.1 Å². The highest BCUT2D eigenvalue weighted by molar-refractivity contribution is 5.40. The number of hydrogen-bond acceptors (Lipinski definition) is 4. The number of hydrogen-bond donors (Lipinski definition) is 3. The van der Waals surface area contributed by atoms with E-state index in [0.717, 1.165) is 17.9 Å². The third-order valence-corrected chi connectivity index (χ3v) is 3.81. The molecule has 1 heterocycles. The molecule has 1 aliphatic rings. The second-order valence-electron chi connectivity index (χ2n) is 5.30. The molecule has 3 rings (SSSR count). The zero-order valence-corrected chi connectivity index (χ0v) is 12.2. The second kappa shape index (κ2) is 6.16. The van der Waals surface area contributed by atoms with Gasteiger partial charge in [-0.25, -0.2) is 10.9 Å². The molecule has 1 aliphatic heterocycles. The molecule has 0 amide bonds. The maximum Gasteiger partial charge on any atom is 0.119 e. The maximum atomic E-state index is 5.74. The van der Waals surface area contributed by atoms with Crippen molar-refractivity contribution >= 4 is 5.69 Å². The van der Waals surface area contributed by atoms with Crippen LogP contribution in [0.2, 0.25) is 0 Å². The molecule has 4 heteroatoms. The molecule has 2 atom stereocenters. The van der Waals surface area contributed by atoms with Gasteiger partial charge >= 0.3 is 0 Å². The number of hydrazine groups is 1. The summed E-state index contributed by atoms with van der Waals surface area (Å²) in [7, 11) is 0. The minimum absolute atomic E-state index is 0.285. The molecule has 4 N–H and O–H groups in total. The lowest BCUT2D eigenvalue weighted by Crippen LogP contribution is -2.26. The van der Waals surface area contributed by atoms with Gasteiger partial charge in [0.15, 0.2) is 0 Å². The molecule has 2 aromatic rings. The van der Waals surface area contributed by atoms with Gasteiger partial charge < -0.3 is 10.5 Å². The summed E-state index contributed by atoms with van der Waals surface area (Å²) >= 11 is 0. The Bertz CT molecular complexity index is 597. The molecular formula is C17H21N3O. The number of nitrogen functional groups attached to an aromatic ring is 1. The van der Waals surface area contributed by atoms with Crippen LogP contribution in [0.4, 0.5) is 5.69 Å². The van der Waals surface area contributed by atoms with Gasteiger partial charge in [-0.3, -0.25) is 0 Å². The van der Waals surface area contributed by atoms with Crippen molar-refractivity contribution in [3.63, 3.8) is 0 Å². The molecule has 110 valence electrons. The fraction of sp³-hybridized carbons (Fsp3) is 0.294. The summed E-state index contributed by atoms with van der Waals surface area (Å²) in [6, 6.07) is 16.9. The normalized spacial score (nSPS) is 21.4. The number of nitrogens with two attached hydrogens (primary N) is 1. The minimum Gasteiger partial charge on any atom is -0.494 e. The largest absolute Gasteiger partial charge is 0.494 e. The molecular weight excluding hydrogens is 262 g/mol. The quantitative estimate of drug-likeness (QED) is 0.755. The van der Waals surface area contributed by atoms with Gasteiger partial charge in [0.05, 0.1) is 6.61 Å². The summed E-state index contributed by atoms with van der Waals surface area (Å²) in [6.07, 6.45) is 1.000. The third-order valence-electron chi connectivity index (χ3n) is 3.81. The number of anilines is 1. The predicted octanol–water partition coefficient (Wildman–Crippen LogP) is 2.95. The standard InChI is InChI=1S/C17H21N3O/c1-2-21-15-5-3-4-13(10-15)17-11-16(19-20-17)12-6-8-14(18)9-7-12/h3-10,16-17,19-20H,2,11,18H2,1H3. The van der Waals surface area contributed by atoms with E-state index in [9.17, 15) is 0 Å². The average Bonchev–Trinajstić information content (AvgIpc) is 2.98. The summed E-state index contributed by atoms with van der Waals surface area (Å²) in [5, 5.41) is 0.